The Bertz CT molecular complexity index is 683. The van der Waals surface area contributed by atoms with E-state index >= 15 is 0 Å². The van der Waals surface area contributed by atoms with Gasteiger partial charge in [-0.1, -0.05) is 37.0 Å². The molecule has 9 heteroatoms. The lowest BCUT2D eigenvalue weighted by Gasteiger charge is -2.22. The van der Waals surface area contributed by atoms with Crippen molar-refractivity contribution >= 4 is 35.8 Å². The van der Waals surface area contributed by atoms with Crippen molar-refractivity contribution in [1.82, 2.24) is 16.0 Å². The van der Waals surface area contributed by atoms with Crippen molar-refractivity contribution in [1.29, 1.82) is 0 Å². The lowest BCUT2D eigenvalue weighted by atomic mass is 9.95. The van der Waals surface area contributed by atoms with Crippen molar-refractivity contribution in [3.05, 3.63) is 29.3 Å². The van der Waals surface area contributed by atoms with Crippen LogP contribution in [-0.2, 0) is 11.3 Å². The van der Waals surface area contributed by atoms with Crippen molar-refractivity contribution in [2.75, 3.05) is 13.1 Å². The molecule has 2 rings (SSSR count). The molecule has 0 saturated heterocycles. The summed E-state index contributed by atoms with van der Waals surface area (Å²) in [6.07, 6.45) is 6.07. The Morgan fingerprint density at radius 1 is 1.23 bits per heavy atom. The minimum atomic E-state index is -2.88. The van der Waals surface area contributed by atoms with Gasteiger partial charge in [-0.3, -0.25) is 4.79 Å². The van der Waals surface area contributed by atoms with Gasteiger partial charge in [0.15, 0.2) is 5.96 Å². The first-order chi connectivity index (χ1) is 14.0. The van der Waals surface area contributed by atoms with Crippen molar-refractivity contribution in [2.45, 2.75) is 71.6 Å². The Balaban J connectivity index is 0.00000450. The number of carbonyl (C=O) groups is 1. The molecule has 1 aromatic rings. The molecule has 0 unspecified atom stereocenters. The van der Waals surface area contributed by atoms with Crippen LogP contribution >= 0.6 is 24.0 Å². The number of alkyl halides is 2. The highest BCUT2D eigenvalue weighted by atomic mass is 127. The van der Waals surface area contributed by atoms with Gasteiger partial charge in [0, 0.05) is 31.1 Å². The van der Waals surface area contributed by atoms with E-state index in [1.165, 1.54) is 25.3 Å². The van der Waals surface area contributed by atoms with Crippen molar-refractivity contribution < 1.29 is 18.3 Å². The van der Waals surface area contributed by atoms with Gasteiger partial charge >= 0.3 is 6.61 Å². The van der Waals surface area contributed by atoms with Crippen LogP contribution in [0.2, 0.25) is 0 Å². The number of nitrogens with zero attached hydrogens (tertiary/aromatic N) is 1. The zero-order valence-electron chi connectivity index (χ0n) is 17.7. The van der Waals surface area contributed by atoms with Crippen molar-refractivity contribution in [2.24, 2.45) is 4.99 Å². The monoisotopic (exact) mass is 538 g/mol. The number of ether oxygens (including phenoxy) is 1. The van der Waals surface area contributed by atoms with E-state index < -0.39 is 6.61 Å². The van der Waals surface area contributed by atoms with Crippen LogP contribution in [0.15, 0.2) is 23.2 Å². The number of hydrogen-bond acceptors (Lipinski definition) is 3. The van der Waals surface area contributed by atoms with Gasteiger partial charge in [-0.25, -0.2) is 4.99 Å². The molecule has 1 saturated carbocycles. The minimum absolute atomic E-state index is 0. The Labute approximate surface area is 194 Å². The first-order valence-corrected chi connectivity index (χ1v) is 10.3. The van der Waals surface area contributed by atoms with Crippen LogP contribution in [0.25, 0.3) is 0 Å². The number of aliphatic imine (C=N–C) groups is 1. The maximum atomic E-state index is 12.6. The number of nitrogens with one attached hydrogen (secondary N) is 3. The fourth-order valence-electron chi connectivity index (χ4n) is 3.39. The summed E-state index contributed by atoms with van der Waals surface area (Å²) < 4.78 is 29.8. The summed E-state index contributed by atoms with van der Waals surface area (Å²) in [5.74, 6) is 0.686. The third kappa shape index (κ3) is 9.90. The molecule has 1 amide bonds. The van der Waals surface area contributed by atoms with Crippen LogP contribution in [0.1, 0.15) is 56.6 Å². The number of hydrogen-bond donors (Lipinski definition) is 3. The van der Waals surface area contributed by atoms with Gasteiger partial charge in [-0.15, -0.1) is 24.0 Å². The Hall–Kier alpha value is -1.65. The van der Waals surface area contributed by atoms with Crippen LogP contribution in [0, 0.1) is 6.92 Å². The molecule has 1 aliphatic rings. The number of aryl methyl sites for hydroxylation is 1. The van der Waals surface area contributed by atoms with E-state index in [-0.39, 0.29) is 42.2 Å². The van der Waals surface area contributed by atoms with E-state index in [0.29, 0.717) is 37.1 Å². The van der Waals surface area contributed by atoms with Crippen LogP contribution in [0.5, 0.6) is 5.75 Å². The molecular weight excluding hydrogens is 505 g/mol. The average molecular weight is 538 g/mol. The highest BCUT2D eigenvalue weighted by Gasteiger charge is 2.15. The molecule has 0 bridgehead atoms. The molecule has 30 heavy (non-hydrogen) atoms. The standard InChI is InChI=1S/C21H32F2N4O2.HI/c1-3-24-21(25-12-11-19(28)27-17-7-5-4-6-8-17)26-14-16-13-15(2)9-10-18(16)29-20(22)23;/h9-10,13,17,20H,3-8,11-12,14H2,1-2H3,(H,27,28)(H2,24,25,26);1H. The van der Waals surface area contributed by atoms with Gasteiger partial charge in [0.1, 0.15) is 5.75 Å². The maximum Gasteiger partial charge on any atom is 0.387 e. The van der Waals surface area contributed by atoms with Crippen LogP contribution in [0.3, 0.4) is 0 Å². The SMILES string of the molecule is CCNC(=NCc1cc(C)ccc1OC(F)F)NCCC(=O)NC1CCCCC1.I. The molecular formula is C21H33F2IN4O2. The van der Waals surface area contributed by atoms with Gasteiger partial charge in [-0.05, 0) is 32.8 Å². The molecule has 6 nitrogen and oxygen atoms in total. The Kier molecular flexibility index (Phi) is 12.6. The topological polar surface area (TPSA) is 74.8 Å². The van der Waals surface area contributed by atoms with Gasteiger partial charge < -0.3 is 20.7 Å². The second-order valence-corrected chi connectivity index (χ2v) is 7.26. The summed E-state index contributed by atoms with van der Waals surface area (Å²) in [5.41, 5.74) is 1.52. The molecule has 0 atom stereocenters. The quantitative estimate of drug-likeness (QED) is 0.252. The third-order valence-electron chi connectivity index (χ3n) is 4.80. The molecule has 0 aromatic heterocycles. The van der Waals surface area contributed by atoms with Crippen molar-refractivity contribution in [3.8, 4) is 5.75 Å². The molecule has 0 heterocycles. The van der Waals surface area contributed by atoms with E-state index in [1.54, 1.807) is 12.1 Å². The lowest BCUT2D eigenvalue weighted by Crippen LogP contribution is -2.41. The summed E-state index contributed by atoms with van der Waals surface area (Å²) in [6.45, 7) is 2.22. The summed E-state index contributed by atoms with van der Waals surface area (Å²) in [5, 5.41) is 9.31. The number of carbonyl (C=O) groups excluding carboxylic acids is 1. The van der Waals surface area contributed by atoms with Gasteiger partial charge in [0.2, 0.25) is 5.91 Å². The predicted molar refractivity (Wildman–Crippen MR) is 126 cm³/mol. The summed E-state index contributed by atoms with van der Waals surface area (Å²) in [6, 6.07) is 5.33. The molecule has 0 spiro atoms. The lowest BCUT2D eigenvalue weighted by molar-refractivity contribution is -0.121. The summed E-state index contributed by atoms with van der Waals surface area (Å²) in [7, 11) is 0. The average Bonchev–Trinajstić information content (AvgIpc) is 2.68. The van der Waals surface area contributed by atoms with Gasteiger partial charge in [0.25, 0.3) is 0 Å². The number of benzene rings is 1. The van der Waals surface area contributed by atoms with Crippen molar-refractivity contribution in [3.63, 3.8) is 0 Å². The highest BCUT2D eigenvalue weighted by molar-refractivity contribution is 14.0. The second-order valence-electron chi connectivity index (χ2n) is 7.26. The maximum absolute atomic E-state index is 12.6. The summed E-state index contributed by atoms with van der Waals surface area (Å²) in [4.78, 5) is 16.6. The van der Waals surface area contributed by atoms with E-state index in [1.807, 2.05) is 13.8 Å². The zero-order chi connectivity index (χ0) is 21.1. The zero-order valence-corrected chi connectivity index (χ0v) is 20.0. The fraction of sp³-hybridized carbons (Fsp3) is 0.619. The van der Waals surface area contributed by atoms with Crippen LogP contribution in [-0.4, -0.2) is 37.6 Å². The first kappa shape index (κ1) is 26.4. The number of rotatable bonds is 9. The predicted octanol–water partition coefficient (Wildman–Crippen LogP) is 4.11. The van der Waals surface area contributed by atoms with E-state index in [9.17, 15) is 13.6 Å². The first-order valence-electron chi connectivity index (χ1n) is 10.3. The van der Waals surface area contributed by atoms with Gasteiger partial charge in [-0.2, -0.15) is 8.78 Å². The molecule has 170 valence electrons. The molecule has 0 aliphatic heterocycles. The van der Waals surface area contributed by atoms with Crippen LogP contribution in [0.4, 0.5) is 8.78 Å². The molecule has 1 aromatic carbocycles. The molecule has 3 N–H and O–H groups in total. The number of guanidine groups is 1. The van der Waals surface area contributed by atoms with E-state index in [2.05, 4.69) is 25.7 Å². The smallest absolute Gasteiger partial charge is 0.387 e. The Morgan fingerprint density at radius 2 is 1.97 bits per heavy atom. The molecule has 0 radical (unpaired) electrons. The molecule has 1 aliphatic carbocycles. The normalized spacial score (nSPS) is 14.8. The highest BCUT2D eigenvalue weighted by Crippen LogP contribution is 2.23. The largest absolute Gasteiger partial charge is 0.434 e. The van der Waals surface area contributed by atoms with E-state index in [4.69, 9.17) is 0 Å². The summed E-state index contributed by atoms with van der Waals surface area (Å²) >= 11 is 0. The number of amides is 1. The molecule has 1 fully saturated rings. The van der Waals surface area contributed by atoms with Crippen LogP contribution < -0.4 is 20.7 Å². The second kappa shape index (κ2) is 14.4. The van der Waals surface area contributed by atoms with Gasteiger partial charge in [0.05, 0.1) is 6.54 Å². The number of halogens is 3. The van der Waals surface area contributed by atoms with E-state index in [0.717, 1.165) is 18.4 Å². The third-order valence-corrected chi connectivity index (χ3v) is 4.80. The Morgan fingerprint density at radius 3 is 2.63 bits per heavy atom. The fourth-order valence-corrected chi connectivity index (χ4v) is 3.39. The minimum Gasteiger partial charge on any atom is -0.434 e.